The van der Waals surface area contributed by atoms with Gasteiger partial charge < -0.3 is 0 Å². The molecule has 0 amide bonds. The molecule has 1 aromatic carbocycles. The Balaban J connectivity index is 2.22. The fraction of sp³-hybridized carbons (Fsp3) is 0.600. The van der Waals surface area contributed by atoms with E-state index in [1.807, 2.05) is 0 Å². The van der Waals surface area contributed by atoms with E-state index in [4.69, 9.17) is 0 Å². The number of benzene rings is 1. The predicted octanol–water partition coefficient (Wildman–Crippen LogP) is 3.41. The third-order valence-corrected chi connectivity index (χ3v) is 3.64. The summed E-state index contributed by atoms with van der Waals surface area (Å²) in [6, 6.07) is 7.01. The molecule has 1 aliphatic rings. The molecule has 0 aliphatic carbocycles. The lowest BCUT2D eigenvalue weighted by atomic mass is 9.93. The van der Waals surface area contributed by atoms with Crippen LogP contribution in [0.25, 0.3) is 0 Å². The summed E-state index contributed by atoms with van der Waals surface area (Å²) in [5.74, 6) is 0. The molecule has 16 heavy (non-hydrogen) atoms. The molecule has 88 valence electrons. The van der Waals surface area contributed by atoms with Gasteiger partial charge in [-0.3, -0.25) is 4.90 Å². The van der Waals surface area contributed by atoms with Crippen molar-refractivity contribution in [3.63, 3.8) is 0 Å². The highest BCUT2D eigenvalue weighted by molar-refractivity contribution is 5.34. The van der Waals surface area contributed by atoms with Crippen molar-refractivity contribution < 1.29 is 0 Å². The Hall–Kier alpha value is -0.820. The summed E-state index contributed by atoms with van der Waals surface area (Å²) in [4.78, 5) is 2.57. The van der Waals surface area contributed by atoms with E-state index in [2.05, 4.69) is 50.8 Å². The van der Waals surface area contributed by atoms with Gasteiger partial charge in [-0.05, 0) is 50.3 Å². The first-order chi connectivity index (χ1) is 7.50. The zero-order valence-electron chi connectivity index (χ0n) is 11.0. The Bertz CT molecular complexity index is 374. The first kappa shape index (κ1) is 11.7. The van der Waals surface area contributed by atoms with E-state index in [1.54, 1.807) is 5.56 Å². The summed E-state index contributed by atoms with van der Waals surface area (Å²) in [6.45, 7) is 11.5. The van der Waals surface area contributed by atoms with E-state index in [0.29, 0.717) is 5.54 Å². The number of rotatable bonds is 1. The molecule has 0 N–H and O–H groups in total. The van der Waals surface area contributed by atoms with Crippen molar-refractivity contribution in [2.45, 2.75) is 52.6 Å². The lowest BCUT2D eigenvalue weighted by Crippen LogP contribution is -2.44. The Morgan fingerprint density at radius 1 is 1.19 bits per heavy atom. The van der Waals surface area contributed by atoms with E-state index in [-0.39, 0.29) is 0 Å². The molecule has 1 aromatic rings. The van der Waals surface area contributed by atoms with E-state index in [9.17, 15) is 0 Å². The lowest BCUT2D eigenvalue weighted by molar-refractivity contribution is 0.121. The molecule has 0 saturated heterocycles. The second kappa shape index (κ2) is 4.21. The third kappa shape index (κ3) is 2.30. The Kier molecular flexibility index (Phi) is 3.07. The van der Waals surface area contributed by atoms with Gasteiger partial charge >= 0.3 is 0 Å². The van der Waals surface area contributed by atoms with Crippen LogP contribution in [0.5, 0.6) is 0 Å². The molecule has 0 aromatic heterocycles. The molecule has 0 saturated carbocycles. The van der Waals surface area contributed by atoms with Gasteiger partial charge in [0.2, 0.25) is 0 Å². The molecule has 0 bridgehead atoms. The zero-order valence-corrected chi connectivity index (χ0v) is 11.0. The van der Waals surface area contributed by atoms with Gasteiger partial charge in [0.1, 0.15) is 0 Å². The van der Waals surface area contributed by atoms with Crippen molar-refractivity contribution in [1.29, 1.82) is 0 Å². The third-order valence-electron chi connectivity index (χ3n) is 3.64. The smallest absolute Gasteiger partial charge is 0.0241 e. The Morgan fingerprint density at radius 3 is 2.56 bits per heavy atom. The van der Waals surface area contributed by atoms with Gasteiger partial charge in [0.25, 0.3) is 0 Å². The van der Waals surface area contributed by atoms with Crippen LogP contribution in [0.3, 0.4) is 0 Å². The van der Waals surface area contributed by atoms with Gasteiger partial charge in [0.05, 0.1) is 0 Å². The number of hydrogen-bond donors (Lipinski definition) is 0. The molecule has 0 spiro atoms. The molecule has 0 unspecified atom stereocenters. The van der Waals surface area contributed by atoms with Crippen molar-refractivity contribution in [3.8, 4) is 0 Å². The van der Waals surface area contributed by atoms with Crippen molar-refractivity contribution in [1.82, 2.24) is 4.90 Å². The minimum atomic E-state index is 0.293. The molecule has 0 radical (unpaired) electrons. The van der Waals surface area contributed by atoms with Crippen molar-refractivity contribution in [3.05, 3.63) is 34.9 Å². The number of nitrogens with zero attached hydrogens (tertiary/aromatic N) is 1. The molecular formula is C15H23N. The second-order valence-electron chi connectivity index (χ2n) is 5.80. The normalized spacial score (nSPS) is 17.2. The van der Waals surface area contributed by atoms with Crippen LogP contribution < -0.4 is 0 Å². The van der Waals surface area contributed by atoms with E-state index < -0.39 is 0 Å². The van der Waals surface area contributed by atoms with Crippen LogP contribution in [0, 0.1) is 0 Å². The summed E-state index contributed by atoms with van der Waals surface area (Å²) in [5, 5.41) is 0. The number of fused-ring (bicyclic) bond motifs is 1. The molecular weight excluding hydrogens is 194 g/mol. The Labute approximate surface area is 99.5 Å². The average molecular weight is 217 g/mol. The maximum Gasteiger partial charge on any atom is 0.0241 e. The first-order valence-electron chi connectivity index (χ1n) is 6.36. The summed E-state index contributed by atoms with van der Waals surface area (Å²) < 4.78 is 0. The number of aryl methyl sites for hydroxylation is 1. The predicted molar refractivity (Wildman–Crippen MR) is 69.7 cm³/mol. The standard InChI is InChI=1S/C15H23N/c1-5-12-6-7-14-11-16(15(2,3)4)9-8-13(14)10-12/h6-7,10H,5,8-9,11H2,1-4H3. The molecule has 1 nitrogen and oxygen atoms in total. The molecule has 1 aliphatic heterocycles. The summed E-state index contributed by atoms with van der Waals surface area (Å²) in [6.07, 6.45) is 2.36. The molecule has 0 atom stereocenters. The van der Waals surface area contributed by atoms with Crippen LogP contribution in [0.2, 0.25) is 0 Å². The fourth-order valence-electron chi connectivity index (χ4n) is 2.40. The van der Waals surface area contributed by atoms with Gasteiger partial charge in [-0.2, -0.15) is 0 Å². The highest BCUT2D eigenvalue weighted by Crippen LogP contribution is 2.25. The number of hydrogen-bond acceptors (Lipinski definition) is 1. The maximum absolute atomic E-state index is 2.57. The quantitative estimate of drug-likeness (QED) is 0.697. The fourth-order valence-corrected chi connectivity index (χ4v) is 2.40. The maximum atomic E-state index is 2.57. The molecule has 1 heteroatoms. The second-order valence-corrected chi connectivity index (χ2v) is 5.80. The lowest BCUT2D eigenvalue weighted by Gasteiger charge is -2.39. The monoisotopic (exact) mass is 217 g/mol. The van der Waals surface area contributed by atoms with Crippen molar-refractivity contribution >= 4 is 0 Å². The highest BCUT2D eigenvalue weighted by atomic mass is 15.2. The molecule has 0 fully saturated rings. The van der Waals surface area contributed by atoms with Gasteiger partial charge in [0.15, 0.2) is 0 Å². The van der Waals surface area contributed by atoms with Crippen LogP contribution in [0.1, 0.15) is 44.4 Å². The van der Waals surface area contributed by atoms with Crippen LogP contribution in [0.4, 0.5) is 0 Å². The van der Waals surface area contributed by atoms with Gasteiger partial charge in [0, 0.05) is 18.6 Å². The molecule has 1 heterocycles. The van der Waals surface area contributed by atoms with Crippen LogP contribution >= 0.6 is 0 Å². The topological polar surface area (TPSA) is 3.24 Å². The zero-order chi connectivity index (χ0) is 11.8. The van der Waals surface area contributed by atoms with Crippen LogP contribution in [0.15, 0.2) is 18.2 Å². The molecule has 2 rings (SSSR count). The van der Waals surface area contributed by atoms with Crippen molar-refractivity contribution in [2.24, 2.45) is 0 Å². The minimum absolute atomic E-state index is 0.293. The summed E-state index contributed by atoms with van der Waals surface area (Å²) in [5.41, 5.74) is 4.86. The van der Waals surface area contributed by atoms with Crippen molar-refractivity contribution in [2.75, 3.05) is 6.54 Å². The Morgan fingerprint density at radius 2 is 1.94 bits per heavy atom. The van der Waals surface area contributed by atoms with Crippen LogP contribution in [-0.2, 0) is 19.4 Å². The average Bonchev–Trinajstić information content (AvgIpc) is 2.26. The van der Waals surface area contributed by atoms with Gasteiger partial charge in [-0.1, -0.05) is 25.1 Å². The largest absolute Gasteiger partial charge is 0.294 e. The first-order valence-corrected chi connectivity index (χ1v) is 6.36. The van der Waals surface area contributed by atoms with E-state index >= 15 is 0 Å². The van der Waals surface area contributed by atoms with E-state index in [0.717, 1.165) is 13.0 Å². The van der Waals surface area contributed by atoms with Crippen LogP contribution in [-0.4, -0.2) is 17.0 Å². The SMILES string of the molecule is CCc1ccc2c(c1)CCN(C(C)(C)C)C2. The highest BCUT2D eigenvalue weighted by Gasteiger charge is 2.25. The van der Waals surface area contributed by atoms with E-state index in [1.165, 1.54) is 24.1 Å². The summed E-state index contributed by atoms with van der Waals surface area (Å²) >= 11 is 0. The van der Waals surface area contributed by atoms with Gasteiger partial charge in [-0.15, -0.1) is 0 Å². The summed E-state index contributed by atoms with van der Waals surface area (Å²) in [7, 11) is 0. The van der Waals surface area contributed by atoms with Gasteiger partial charge in [-0.25, -0.2) is 0 Å². The minimum Gasteiger partial charge on any atom is -0.294 e.